The van der Waals surface area contributed by atoms with Gasteiger partial charge < -0.3 is 5.32 Å². The summed E-state index contributed by atoms with van der Waals surface area (Å²) in [5, 5.41) is 2.85. The lowest BCUT2D eigenvalue weighted by molar-refractivity contribution is -0.137. The molecule has 196 valence electrons. The molecule has 1 saturated carbocycles. The predicted octanol–water partition coefficient (Wildman–Crippen LogP) is 5.73. The van der Waals surface area contributed by atoms with E-state index in [1.54, 1.807) is 6.07 Å². The Labute approximate surface area is 218 Å². The highest BCUT2D eigenvalue weighted by Gasteiger charge is 2.41. The van der Waals surface area contributed by atoms with Crippen molar-refractivity contribution in [3.63, 3.8) is 0 Å². The molecule has 2 aliphatic rings. The van der Waals surface area contributed by atoms with Crippen LogP contribution in [-0.4, -0.2) is 20.4 Å². The molecule has 5 nitrogen and oxygen atoms in total. The van der Waals surface area contributed by atoms with Gasteiger partial charge in [0.15, 0.2) is 0 Å². The van der Waals surface area contributed by atoms with Crippen molar-refractivity contribution in [2.45, 2.75) is 55.5 Å². The summed E-state index contributed by atoms with van der Waals surface area (Å²) in [6, 6.07) is 13.7. The molecule has 5 rings (SSSR count). The summed E-state index contributed by atoms with van der Waals surface area (Å²) in [5.41, 5.74) is 2.62. The molecular weight excluding hydrogens is 521 g/mol. The van der Waals surface area contributed by atoms with E-state index in [0.29, 0.717) is 21.9 Å². The molecule has 0 saturated heterocycles. The first-order valence-electron chi connectivity index (χ1n) is 12.1. The topological polar surface area (TPSA) is 75.3 Å². The van der Waals surface area contributed by atoms with Crippen molar-refractivity contribution in [2.24, 2.45) is 11.8 Å². The Morgan fingerprint density at radius 3 is 2.27 bits per heavy atom. The molecule has 1 amide bonds. The lowest BCUT2D eigenvalue weighted by Gasteiger charge is -2.23. The van der Waals surface area contributed by atoms with Crippen LogP contribution in [0.2, 0.25) is 0 Å². The van der Waals surface area contributed by atoms with Crippen LogP contribution in [0.1, 0.15) is 40.0 Å². The van der Waals surface area contributed by atoms with E-state index in [1.807, 2.05) is 31.2 Å². The molecule has 1 heterocycles. The van der Waals surface area contributed by atoms with Crippen LogP contribution in [0, 0.1) is 18.8 Å². The van der Waals surface area contributed by atoms with Crippen LogP contribution >= 0.6 is 11.3 Å². The highest BCUT2D eigenvalue weighted by Crippen LogP contribution is 2.41. The smallest absolute Gasteiger partial charge is 0.326 e. The minimum atomic E-state index is -4.41. The van der Waals surface area contributed by atoms with Crippen LogP contribution in [0.3, 0.4) is 0 Å². The summed E-state index contributed by atoms with van der Waals surface area (Å²) >= 11 is 1.27. The maximum absolute atomic E-state index is 13.0. The van der Waals surface area contributed by atoms with Gasteiger partial charge in [0.1, 0.15) is 4.21 Å². The number of halogens is 3. The second-order valence-electron chi connectivity index (χ2n) is 9.92. The number of thiophene rings is 1. The number of aryl methyl sites for hydroxylation is 1. The maximum Gasteiger partial charge on any atom is 0.416 e. The van der Waals surface area contributed by atoms with Crippen molar-refractivity contribution in [1.82, 2.24) is 4.72 Å². The predicted molar refractivity (Wildman–Crippen MR) is 137 cm³/mol. The van der Waals surface area contributed by atoms with E-state index in [1.165, 1.54) is 23.5 Å². The third-order valence-corrected chi connectivity index (χ3v) is 10.2. The molecule has 0 spiro atoms. The Hall–Kier alpha value is -2.69. The number of carbonyl (C=O) groups excluding carboxylic acids is 1. The molecule has 37 heavy (non-hydrogen) atoms. The van der Waals surface area contributed by atoms with Gasteiger partial charge in [0.2, 0.25) is 15.9 Å². The summed E-state index contributed by atoms with van der Waals surface area (Å²) < 4.78 is 67.6. The van der Waals surface area contributed by atoms with Crippen LogP contribution in [0.4, 0.5) is 18.9 Å². The Kier molecular flexibility index (Phi) is 6.93. The fourth-order valence-electron chi connectivity index (χ4n) is 5.48. The van der Waals surface area contributed by atoms with E-state index < -0.39 is 21.8 Å². The second kappa shape index (κ2) is 9.89. The third kappa shape index (κ3) is 5.76. The molecule has 10 heteroatoms. The molecule has 0 radical (unpaired) electrons. The van der Waals surface area contributed by atoms with Crippen LogP contribution < -0.4 is 10.0 Å². The number of alkyl halides is 3. The number of hydrogen-bond acceptors (Lipinski definition) is 4. The number of amides is 1. The van der Waals surface area contributed by atoms with Gasteiger partial charge in [-0.15, -0.1) is 11.3 Å². The van der Waals surface area contributed by atoms with E-state index in [4.69, 9.17) is 0 Å². The number of benzene rings is 2. The van der Waals surface area contributed by atoms with Gasteiger partial charge in [-0.2, -0.15) is 13.2 Å². The Bertz CT molecular complexity index is 1420. The van der Waals surface area contributed by atoms with Crippen LogP contribution in [0.25, 0.3) is 0 Å². The summed E-state index contributed by atoms with van der Waals surface area (Å²) in [4.78, 5) is 13.5. The minimum absolute atomic E-state index is 0.0357. The number of sulfonamides is 1. The number of carbonyl (C=O) groups is 1. The molecule has 2 bridgehead atoms. The largest absolute Gasteiger partial charge is 0.416 e. The molecule has 2 aliphatic carbocycles. The molecular formula is C27H27F3N2O3S2. The maximum atomic E-state index is 13.0. The van der Waals surface area contributed by atoms with Crippen LogP contribution in [0.15, 0.2) is 58.8 Å². The normalized spacial score (nSPS) is 21.4. The standard InChI is InChI=1S/C27H27F3N2O3S2/c1-16-2-11-25(36-16)37(34,35)32-26-19-5-6-20(26)14-21-15-23(10-7-18(21)13-19)31-24(33)12-17-3-8-22(9-4-17)27(28,29)30/h2-4,7-11,15,19-20,26,32H,5-6,12-14H2,1H3,(H,31,33). The zero-order chi connectivity index (χ0) is 26.4. The van der Waals surface area contributed by atoms with Gasteiger partial charge in [-0.05, 0) is 97.5 Å². The van der Waals surface area contributed by atoms with Gasteiger partial charge >= 0.3 is 6.18 Å². The number of fused-ring (bicyclic) bond motifs is 3. The van der Waals surface area contributed by atoms with Crippen LogP contribution in [0.5, 0.6) is 0 Å². The summed E-state index contributed by atoms with van der Waals surface area (Å²) in [7, 11) is -3.58. The molecule has 1 fully saturated rings. The van der Waals surface area contributed by atoms with E-state index in [-0.39, 0.29) is 30.2 Å². The monoisotopic (exact) mass is 548 g/mol. The fourth-order valence-corrected chi connectivity index (χ4v) is 8.15. The van der Waals surface area contributed by atoms with E-state index >= 15 is 0 Å². The Balaban J connectivity index is 1.26. The minimum Gasteiger partial charge on any atom is -0.326 e. The summed E-state index contributed by atoms with van der Waals surface area (Å²) in [6.07, 6.45) is -1.07. The van der Waals surface area contributed by atoms with Crippen molar-refractivity contribution in [3.05, 3.63) is 81.7 Å². The SMILES string of the molecule is Cc1ccc(S(=O)(=O)NC2C3CCC2Cc2cc(NC(=O)Cc4ccc(C(F)(F)F)cc4)ccc2C3)s1. The van der Waals surface area contributed by atoms with E-state index in [0.717, 1.165) is 47.4 Å². The van der Waals surface area contributed by atoms with Crippen molar-refractivity contribution < 1.29 is 26.4 Å². The van der Waals surface area contributed by atoms with Gasteiger partial charge in [0.05, 0.1) is 12.0 Å². The van der Waals surface area contributed by atoms with Crippen molar-refractivity contribution in [3.8, 4) is 0 Å². The number of rotatable bonds is 6. The first-order valence-corrected chi connectivity index (χ1v) is 14.4. The number of hydrogen-bond donors (Lipinski definition) is 2. The number of anilines is 1. The Morgan fingerprint density at radius 2 is 1.65 bits per heavy atom. The van der Waals surface area contributed by atoms with Gasteiger partial charge in [0.25, 0.3) is 0 Å². The third-order valence-electron chi connectivity index (χ3n) is 7.30. The first-order chi connectivity index (χ1) is 17.5. The van der Waals surface area contributed by atoms with Crippen molar-refractivity contribution in [2.75, 3.05) is 5.32 Å². The second-order valence-corrected chi connectivity index (χ2v) is 13.1. The molecule has 3 unspecified atom stereocenters. The molecule has 2 aromatic carbocycles. The van der Waals surface area contributed by atoms with Gasteiger partial charge in [-0.1, -0.05) is 18.2 Å². The molecule has 3 atom stereocenters. The lowest BCUT2D eigenvalue weighted by atomic mass is 9.93. The molecule has 2 N–H and O–H groups in total. The molecule has 0 aliphatic heterocycles. The highest BCUT2D eigenvalue weighted by molar-refractivity contribution is 7.91. The van der Waals surface area contributed by atoms with Crippen molar-refractivity contribution in [1.29, 1.82) is 0 Å². The molecule has 3 aromatic rings. The first kappa shape index (κ1) is 25.9. The van der Waals surface area contributed by atoms with Gasteiger partial charge in [-0.3, -0.25) is 4.79 Å². The van der Waals surface area contributed by atoms with Crippen molar-refractivity contribution >= 4 is 33.0 Å². The van der Waals surface area contributed by atoms with E-state index in [9.17, 15) is 26.4 Å². The highest BCUT2D eigenvalue weighted by atomic mass is 32.2. The number of nitrogens with one attached hydrogen (secondary N) is 2. The fraction of sp³-hybridized carbons (Fsp3) is 0.370. The quantitative estimate of drug-likeness (QED) is 0.413. The lowest BCUT2D eigenvalue weighted by Crippen LogP contribution is -2.41. The summed E-state index contributed by atoms with van der Waals surface area (Å²) in [6.45, 7) is 1.88. The van der Waals surface area contributed by atoms with Gasteiger partial charge in [-0.25, -0.2) is 13.1 Å². The van der Waals surface area contributed by atoms with E-state index in [2.05, 4.69) is 10.0 Å². The average Bonchev–Trinajstić information content (AvgIpc) is 3.37. The van der Waals surface area contributed by atoms with Crippen LogP contribution in [-0.2, 0) is 40.3 Å². The Morgan fingerprint density at radius 1 is 0.973 bits per heavy atom. The zero-order valence-corrected chi connectivity index (χ0v) is 21.8. The summed E-state index contributed by atoms with van der Waals surface area (Å²) in [5.74, 6) is 0.0640. The average molecular weight is 549 g/mol. The molecule has 1 aromatic heterocycles. The zero-order valence-electron chi connectivity index (χ0n) is 20.1. The van der Waals surface area contributed by atoms with Gasteiger partial charge in [0, 0.05) is 16.6 Å².